The van der Waals surface area contributed by atoms with Gasteiger partial charge in [0.05, 0.1) is 10.6 Å². The molecule has 2 aromatic rings. The third kappa shape index (κ3) is 5.29. The minimum absolute atomic E-state index is 0.0337. The fourth-order valence-electron chi connectivity index (χ4n) is 2.22. The summed E-state index contributed by atoms with van der Waals surface area (Å²) in [5.74, 6) is -1.34. The van der Waals surface area contributed by atoms with E-state index in [1.807, 2.05) is 32.0 Å². The van der Waals surface area contributed by atoms with Gasteiger partial charge in [-0.3, -0.25) is 4.79 Å². The molecule has 0 heterocycles. The SMILES string of the molecule is CNS(=O)(=O)c1cc(C(=O)OCC(=O)Nc2cc(C)ccc2C)ccc1Cl. The van der Waals surface area contributed by atoms with Gasteiger partial charge in [0.1, 0.15) is 4.90 Å². The van der Waals surface area contributed by atoms with Crippen molar-refractivity contribution in [2.24, 2.45) is 0 Å². The van der Waals surface area contributed by atoms with Crippen molar-refractivity contribution < 1.29 is 22.7 Å². The molecule has 9 heteroatoms. The summed E-state index contributed by atoms with van der Waals surface area (Å²) < 4.78 is 30.9. The van der Waals surface area contributed by atoms with Gasteiger partial charge in [-0.15, -0.1) is 0 Å². The van der Waals surface area contributed by atoms with Gasteiger partial charge in [0.2, 0.25) is 10.0 Å². The molecule has 7 nitrogen and oxygen atoms in total. The Morgan fingerprint density at radius 1 is 1.11 bits per heavy atom. The Kier molecular flexibility index (Phi) is 6.59. The van der Waals surface area contributed by atoms with E-state index >= 15 is 0 Å². The van der Waals surface area contributed by atoms with Gasteiger partial charge < -0.3 is 10.1 Å². The van der Waals surface area contributed by atoms with Crippen LogP contribution in [0.15, 0.2) is 41.3 Å². The van der Waals surface area contributed by atoms with Crippen LogP contribution < -0.4 is 10.0 Å². The van der Waals surface area contributed by atoms with Crippen molar-refractivity contribution in [3.8, 4) is 0 Å². The zero-order chi connectivity index (χ0) is 20.2. The molecule has 2 aromatic carbocycles. The number of rotatable bonds is 6. The van der Waals surface area contributed by atoms with E-state index in [1.165, 1.54) is 19.2 Å². The maximum Gasteiger partial charge on any atom is 0.338 e. The molecule has 0 spiro atoms. The molecule has 2 N–H and O–H groups in total. The van der Waals surface area contributed by atoms with Gasteiger partial charge in [0.25, 0.3) is 5.91 Å². The fourth-order valence-corrected chi connectivity index (χ4v) is 3.47. The number of carbonyl (C=O) groups excluding carboxylic acids is 2. The van der Waals surface area contributed by atoms with Crippen molar-refractivity contribution in [3.63, 3.8) is 0 Å². The van der Waals surface area contributed by atoms with Crippen molar-refractivity contribution in [1.29, 1.82) is 0 Å². The van der Waals surface area contributed by atoms with Crippen LogP contribution in [0.5, 0.6) is 0 Å². The van der Waals surface area contributed by atoms with Gasteiger partial charge in [-0.25, -0.2) is 17.9 Å². The Balaban J connectivity index is 2.06. The summed E-state index contributed by atoms with van der Waals surface area (Å²) in [7, 11) is -2.60. The number of hydrogen-bond donors (Lipinski definition) is 2. The fraction of sp³-hybridized carbons (Fsp3) is 0.222. The van der Waals surface area contributed by atoms with Crippen LogP contribution in [-0.4, -0.2) is 33.9 Å². The van der Waals surface area contributed by atoms with E-state index in [4.69, 9.17) is 16.3 Å². The van der Waals surface area contributed by atoms with Gasteiger partial charge in [-0.05, 0) is 56.3 Å². The molecule has 0 radical (unpaired) electrons. The summed E-state index contributed by atoms with van der Waals surface area (Å²) in [6.07, 6.45) is 0. The first kappa shape index (κ1) is 20.9. The smallest absolute Gasteiger partial charge is 0.338 e. The number of amides is 1. The van der Waals surface area contributed by atoms with E-state index in [1.54, 1.807) is 0 Å². The van der Waals surface area contributed by atoms with Crippen molar-refractivity contribution in [2.75, 3.05) is 19.0 Å². The number of halogens is 1. The van der Waals surface area contributed by atoms with E-state index in [-0.39, 0.29) is 15.5 Å². The number of carbonyl (C=O) groups is 2. The second-order valence-electron chi connectivity index (χ2n) is 5.80. The highest BCUT2D eigenvalue weighted by atomic mass is 35.5. The van der Waals surface area contributed by atoms with Crippen LogP contribution in [0, 0.1) is 13.8 Å². The molecule has 1 amide bonds. The van der Waals surface area contributed by atoms with E-state index < -0.39 is 28.5 Å². The van der Waals surface area contributed by atoms with Crippen LogP contribution in [0.2, 0.25) is 5.02 Å². The number of nitrogens with one attached hydrogen (secondary N) is 2. The average Bonchev–Trinajstić information content (AvgIpc) is 2.63. The molecule has 0 atom stereocenters. The summed E-state index contributed by atoms with van der Waals surface area (Å²) in [5.41, 5.74) is 2.45. The van der Waals surface area contributed by atoms with Crippen molar-refractivity contribution in [1.82, 2.24) is 4.72 Å². The minimum atomic E-state index is -3.83. The molecule has 0 aromatic heterocycles. The Labute approximate surface area is 162 Å². The topological polar surface area (TPSA) is 102 Å². The predicted molar refractivity (Wildman–Crippen MR) is 103 cm³/mol. The second kappa shape index (κ2) is 8.51. The summed E-state index contributed by atoms with van der Waals surface area (Å²) >= 11 is 5.87. The summed E-state index contributed by atoms with van der Waals surface area (Å²) in [6.45, 7) is 3.23. The number of aryl methyl sites for hydroxylation is 2. The molecule has 2 rings (SSSR count). The first-order valence-electron chi connectivity index (χ1n) is 7.91. The van der Waals surface area contributed by atoms with E-state index in [0.29, 0.717) is 5.69 Å². The Hall–Kier alpha value is -2.42. The van der Waals surface area contributed by atoms with E-state index in [9.17, 15) is 18.0 Å². The first-order chi connectivity index (χ1) is 12.6. The zero-order valence-electron chi connectivity index (χ0n) is 15.0. The highest BCUT2D eigenvalue weighted by molar-refractivity contribution is 7.89. The lowest BCUT2D eigenvalue weighted by atomic mass is 10.1. The quantitative estimate of drug-likeness (QED) is 0.713. The minimum Gasteiger partial charge on any atom is -0.452 e. The molecule has 0 bridgehead atoms. The highest BCUT2D eigenvalue weighted by Crippen LogP contribution is 2.23. The van der Waals surface area contributed by atoms with E-state index in [0.717, 1.165) is 17.2 Å². The lowest BCUT2D eigenvalue weighted by Gasteiger charge is -2.10. The number of anilines is 1. The predicted octanol–water partition coefficient (Wildman–Crippen LogP) is 2.66. The van der Waals surface area contributed by atoms with Gasteiger partial charge >= 0.3 is 5.97 Å². The number of benzene rings is 2. The maximum absolute atomic E-state index is 12.1. The molecule has 0 saturated heterocycles. The van der Waals surface area contributed by atoms with Gasteiger partial charge in [-0.2, -0.15) is 0 Å². The second-order valence-corrected chi connectivity index (χ2v) is 8.06. The summed E-state index contributed by atoms with van der Waals surface area (Å²) in [4.78, 5) is 23.9. The molecular weight excluding hydrogens is 392 g/mol. The standard InChI is InChI=1S/C18H19ClN2O5S/c1-11-4-5-12(2)15(8-11)21-17(22)10-26-18(23)13-6-7-14(19)16(9-13)27(24,25)20-3/h4-9,20H,10H2,1-3H3,(H,21,22). The molecule has 0 aliphatic heterocycles. The van der Waals surface area contributed by atoms with Gasteiger partial charge in [0.15, 0.2) is 6.61 Å². The Morgan fingerprint density at radius 3 is 2.48 bits per heavy atom. The monoisotopic (exact) mass is 410 g/mol. The molecule has 0 aliphatic rings. The summed E-state index contributed by atoms with van der Waals surface area (Å²) in [6, 6.07) is 9.29. The highest BCUT2D eigenvalue weighted by Gasteiger charge is 2.19. The van der Waals surface area contributed by atoms with Gasteiger partial charge in [-0.1, -0.05) is 23.7 Å². The molecule has 144 valence electrons. The molecular formula is C18H19ClN2O5S. The average molecular weight is 411 g/mol. The number of hydrogen-bond acceptors (Lipinski definition) is 5. The largest absolute Gasteiger partial charge is 0.452 e. The molecule has 0 aliphatic carbocycles. The van der Waals surface area contributed by atoms with Crippen LogP contribution in [-0.2, 0) is 19.6 Å². The lowest BCUT2D eigenvalue weighted by molar-refractivity contribution is -0.119. The van der Waals surface area contributed by atoms with Crippen LogP contribution >= 0.6 is 11.6 Å². The number of ether oxygens (including phenoxy) is 1. The Morgan fingerprint density at radius 2 is 1.81 bits per heavy atom. The van der Waals surface area contributed by atoms with Crippen LogP contribution in [0.4, 0.5) is 5.69 Å². The van der Waals surface area contributed by atoms with Crippen molar-refractivity contribution in [3.05, 3.63) is 58.1 Å². The zero-order valence-corrected chi connectivity index (χ0v) is 16.6. The van der Waals surface area contributed by atoms with Crippen molar-refractivity contribution in [2.45, 2.75) is 18.7 Å². The van der Waals surface area contributed by atoms with Crippen LogP contribution in [0.25, 0.3) is 0 Å². The van der Waals surface area contributed by atoms with E-state index in [2.05, 4.69) is 10.0 Å². The van der Waals surface area contributed by atoms with Crippen LogP contribution in [0.3, 0.4) is 0 Å². The molecule has 0 unspecified atom stereocenters. The first-order valence-corrected chi connectivity index (χ1v) is 9.77. The molecule has 0 fully saturated rings. The normalized spacial score (nSPS) is 11.1. The molecule has 0 saturated carbocycles. The van der Waals surface area contributed by atoms with Crippen LogP contribution in [0.1, 0.15) is 21.5 Å². The molecule has 27 heavy (non-hydrogen) atoms. The third-order valence-corrected chi connectivity index (χ3v) is 5.62. The number of sulfonamides is 1. The van der Waals surface area contributed by atoms with Crippen molar-refractivity contribution >= 4 is 39.2 Å². The Bertz CT molecular complexity index is 989. The van der Waals surface area contributed by atoms with Gasteiger partial charge in [0, 0.05) is 5.69 Å². The lowest BCUT2D eigenvalue weighted by Crippen LogP contribution is -2.22. The maximum atomic E-state index is 12.1. The summed E-state index contributed by atoms with van der Waals surface area (Å²) in [5, 5.41) is 2.63. The third-order valence-electron chi connectivity index (χ3n) is 3.73. The number of esters is 1.